The summed E-state index contributed by atoms with van der Waals surface area (Å²) in [6.07, 6.45) is 2.12. The van der Waals surface area contributed by atoms with Gasteiger partial charge in [-0.3, -0.25) is 0 Å². The molecular formula is C22H25NO5. The first-order valence-electron chi connectivity index (χ1n) is 9.90. The average Bonchev–Trinajstić information content (AvgIpc) is 2.77. The standard InChI is InChI=1S/C22H25NO5/c1-3-20-17(11-24-13-26-20)9-15(1)22(28-19-5-7-23-8-6-19)16-2-4-21-18(10-16)12-25-14-27-21/h1-4,9-10,19,22-23H,5-8,11-14H2. The van der Waals surface area contributed by atoms with Crippen molar-refractivity contribution < 1.29 is 23.7 Å². The third-order valence-corrected chi connectivity index (χ3v) is 5.50. The van der Waals surface area contributed by atoms with E-state index in [1.54, 1.807) is 0 Å². The molecule has 2 aromatic rings. The fourth-order valence-corrected chi connectivity index (χ4v) is 4.02. The van der Waals surface area contributed by atoms with Crippen LogP contribution in [0.3, 0.4) is 0 Å². The van der Waals surface area contributed by atoms with E-state index in [0.29, 0.717) is 26.8 Å². The maximum absolute atomic E-state index is 6.64. The molecule has 2 aromatic carbocycles. The Balaban J connectivity index is 1.49. The van der Waals surface area contributed by atoms with E-state index in [-0.39, 0.29) is 12.2 Å². The lowest BCUT2D eigenvalue weighted by Gasteiger charge is -2.30. The summed E-state index contributed by atoms with van der Waals surface area (Å²) in [5, 5.41) is 3.40. The number of fused-ring (bicyclic) bond motifs is 2. The van der Waals surface area contributed by atoms with Crippen LogP contribution >= 0.6 is 0 Å². The molecule has 0 spiro atoms. The van der Waals surface area contributed by atoms with Gasteiger partial charge in [0.25, 0.3) is 0 Å². The maximum Gasteiger partial charge on any atom is 0.189 e. The van der Waals surface area contributed by atoms with E-state index >= 15 is 0 Å². The van der Waals surface area contributed by atoms with Gasteiger partial charge in [0.15, 0.2) is 13.6 Å². The van der Waals surface area contributed by atoms with Crippen LogP contribution in [0.5, 0.6) is 11.5 Å². The minimum absolute atomic E-state index is 0.150. The molecule has 3 aliphatic heterocycles. The fourth-order valence-electron chi connectivity index (χ4n) is 4.02. The summed E-state index contributed by atoms with van der Waals surface area (Å²) in [5.41, 5.74) is 4.35. The molecule has 0 radical (unpaired) electrons. The van der Waals surface area contributed by atoms with Crippen LogP contribution in [-0.4, -0.2) is 32.8 Å². The number of nitrogens with one attached hydrogen (secondary N) is 1. The van der Waals surface area contributed by atoms with Crippen LogP contribution in [0.4, 0.5) is 0 Å². The first kappa shape index (κ1) is 17.9. The van der Waals surface area contributed by atoms with E-state index in [1.165, 1.54) is 0 Å². The van der Waals surface area contributed by atoms with Gasteiger partial charge in [-0.2, -0.15) is 0 Å². The highest BCUT2D eigenvalue weighted by Crippen LogP contribution is 2.36. The van der Waals surface area contributed by atoms with Crippen molar-refractivity contribution in [2.24, 2.45) is 0 Å². The van der Waals surface area contributed by atoms with Crippen LogP contribution < -0.4 is 14.8 Å². The number of ether oxygens (including phenoxy) is 5. The summed E-state index contributed by atoms with van der Waals surface area (Å²) in [6, 6.07) is 12.5. The molecule has 6 heteroatoms. The normalized spacial score (nSPS) is 19.5. The third-order valence-electron chi connectivity index (χ3n) is 5.50. The van der Waals surface area contributed by atoms with Crippen molar-refractivity contribution in [2.45, 2.75) is 38.3 Å². The van der Waals surface area contributed by atoms with Crippen LogP contribution in [0.25, 0.3) is 0 Å². The summed E-state index contributed by atoms with van der Waals surface area (Å²) < 4.78 is 28.7. The molecule has 28 heavy (non-hydrogen) atoms. The molecule has 148 valence electrons. The van der Waals surface area contributed by atoms with E-state index in [1.807, 2.05) is 12.1 Å². The summed E-state index contributed by atoms with van der Waals surface area (Å²) >= 11 is 0. The Labute approximate surface area is 164 Å². The summed E-state index contributed by atoms with van der Waals surface area (Å²) in [7, 11) is 0. The topological polar surface area (TPSA) is 58.2 Å². The lowest BCUT2D eigenvalue weighted by Crippen LogP contribution is -2.33. The van der Waals surface area contributed by atoms with E-state index in [0.717, 1.165) is 59.7 Å². The molecule has 0 aromatic heterocycles. The van der Waals surface area contributed by atoms with Crippen molar-refractivity contribution in [3.63, 3.8) is 0 Å². The molecule has 1 fully saturated rings. The SMILES string of the molecule is c1cc2c(cc1C(OC1CCNCC1)c1ccc3c(c1)COCO3)COCO2. The van der Waals surface area contributed by atoms with E-state index in [4.69, 9.17) is 23.7 Å². The van der Waals surface area contributed by atoms with Gasteiger partial charge in [-0.1, -0.05) is 12.1 Å². The minimum Gasteiger partial charge on any atom is -0.467 e. The molecule has 1 saturated heterocycles. The lowest BCUT2D eigenvalue weighted by atomic mass is 9.96. The van der Waals surface area contributed by atoms with Gasteiger partial charge in [0.1, 0.15) is 17.6 Å². The smallest absolute Gasteiger partial charge is 0.189 e. The molecule has 0 amide bonds. The van der Waals surface area contributed by atoms with Crippen LogP contribution in [0.2, 0.25) is 0 Å². The molecule has 0 atom stereocenters. The van der Waals surface area contributed by atoms with E-state index < -0.39 is 0 Å². The largest absolute Gasteiger partial charge is 0.467 e. The van der Waals surface area contributed by atoms with Crippen molar-refractivity contribution in [3.05, 3.63) is 58.7 Å². The Kier molecular flexibility index (Phi) is 5.18. The highest BCUT2D eigenvalue weighted by Gasteiger charge is 2.25. The van der Waals surface area contributed by atoms with Crippen molar-refractivity contribution in [3.8, 4) is 11.5 Å². The maximum atomic E-state index is 6.64. The van der Waals surface area contributed by atoms with Crippen LogP contribution in [0.1, 0.15) is 41.2 Å². The molecule has 0 bridgehead atoms. The Morgan fingerprint density at radius 3 is 1.96 bits per heavy atom. The second-order valence-corrected chi connectivity index (χ2v) is 7.42. The number of hydrogen-bond donors (Lipinski definition) is 1. The van der Waals surface area contributed by atoms with Gasteiger partial charge in [-0.15, -0.1) is 0 Å². The predicted octanol–water partition coefficient (Wildman–Crippen LogP) is 3.28. The minimum atomic E-state index is -0.150. The van der Waals surface area contributed by atoms with Crippen LogP contribution in [0, 0.1) is 0 Å². The Bertz CT molecular complexity index is 774. The molecule has 0 unspecified atom stereocenters. The van der Waals surface area contributed by atoms with Gasteiger partial charge in [0.2, 0.25) is 0 Å². The molecule has 0 saturated carbocycles. The van der Waals surface area contributed by atoms with Crippen LogP contribution in [-0.2, 0) is 27.4 Å². The van der Waals surface area contributed by atoms with Gasteiger partial charge < -0.3 is 29.0 Å². The molecule has 5 rings (SSSR count). The van der Waals surface area contributed by atoms with Gasteiger partial charge in [-0.25, -0.2) is 0 Å². The third kappa shape index (κ3) is 3.73. The Morgan fingerprint density at radius 2 is 1.39 bits per heavy atom. The highest BCUT2D eigenvalue weighted by molar-refractivity contribution is 5.44. The zero-order valence-corrected chi connectivity index (χ0v) is 15.8. The predicted molar refractivity (Wildman–Crippen MR) is 102 cm³/mol. The molecule has 3 aliphatic rings. The molecular weight excluding hydrogens is 358 g/mol. The molecule has 1 N–H and O–H groups in total. The first-order valence-corrected chi connectivity index (χ1v) is 9.90. The molecule has 0 aliphatic carbocycles. The zero-order chi connectivity index (χ0) is 18.8. The Morgan fingerprint density at radius 1 is 0.821 bits per heavy atom. The van der Waals surface area contributed by atoms with Crippen molar-refractivity contribution >= 4 is 0 Å². The highest BCUT2D eigenvalue weighted by atomic mass is 16.7. The monoisotopic (exact) mass is 383 g/mol. The van der Waals surface area contributed by atoms with E-state index in [9.17, 15) is 0 Å². The fraction of sp³-hybridized carbons (Fsp3) is 0.455. The molecule has 6 nitrogen and oxygen atoms in total. The second kappa shape index (κ2) is 8.09. The summed E-state index contributed by atoms with van der Waals surface area (Å²) in [4.78, 5) is 0. The van der Waals surface area contributed by atoms with Gasteiger partial charge >= 0.3 is 0 Å². The number of hydrogen-bond acceptors (Lipinski definition) is 6. The van der Waals surface area contributed by atoms with E-state index in [2.05, 4.69) is 29.6 Å². The van der Waals surface area contributed by atoms with Crippen molar-refractivity contribution in [1.82, 2.24) is 5.32 Å². The summed E-state index contributed by atoms with van der Waals surface area (Å²) in [6.45, 7) is 3.74. The second-order valence-electron chi connectivity index (χ2n) is 7.42. The van der Waals surface area contributed by atoms with Gasteiger partial charge in [-0.05, 0) is 61.3 Å². The number of rotatable bonds is 4. The van der Waals surface area contributed by atoms with Gasteiger partial charge in [0, 0.05) is 11.1 Å². The average molecular weight is 383 g/mol. The first-order chi connectivity index (χ1) is 13.9. The Hall–Kier alpha value is -2.12. The van der Waals surface area contributed by atoms with Gasteiger partial charge in [0.05, 0.1) is 19.3 Å². The zero-order valence-electron chi connectivity index (χ0n) is 15.8. The van der Waals surface area contributed by atoms with Crippen molar-refractivity contribution in [2.75, 3.05) is 26.7 Å². The van der Waals surface area contributed by atoms with Crippen molar-refractivity contribution in [1.29, 1.82) is 0 Å². The number of piperidine rings is 1. The molecule has 3 heterocycles. The number of benzene rings is 2. The lowest BCUT2D eigenvalue weighted by molar-refractivity contribution is -0.0192. The quantitative estimate of drug-likeness (QED) is 0.875. The summed E-state index contributed by atoms with van der Waals surface area (Å²) in [5.74, 6) is 1.78. The van der Waals surface area contributed by atoms with Crippen LogP contribution in [0.15, 0.2) is 36.4 Å².